The van der Waals surface area contributed by atoms with Crippen molar-refractivity contribution in [2.45, 2.75) is 19.8 Å². The van der Waals surface area contributed by atoms with Gasteiger partial charge in [-0.2, -0.15) is 0 Å². The van der Waals surface area contributed by atoms with Crippen LogP contribution in [0.1, 0.15) is 49.5 Å². The number of aryl methyl sites for hydroxylation is 1. The Morgan fingerprint density at radius 1 is 1.10 bits per heavy atom. The third kappa shape index (κ3) is 4.29. The molecule has 0 atom stereocenters. The Kier molecular flexibility index (Phi) is 6.10. The number of hydrogen-bond donors (Lipinski definition) is 1. The maximum atomic E-state index is 12.9. The third-order valence-electron chi connectivity index (χ3n) is 4.95. The van der Waals surface area contributed by atoms with Crippen molar-refractivity contribution in [3.8, 4) is 0 Å². The van der Waals surface area contributed by atoms with Crippen LogP contribution in [-0.2, 0) is 4.74 Å². The van der Waals surface area contributed by atoms with E-state index in [1.807, 2.05) is 0 Å². The van der Waals surface area contributed by atoms with Crippen LogP contribution in [0.5, 0.6) is 0 Å². The summed E-state index contributed by atoms with van der Waals surface area (Å²) in [6.07, 6.45) is 1.87. The molecule has 1 aliphatic rings. The third-order valence-corrected chi connectivity index (χ3v) is 4.95. The van der Waals surface area contributed by atoms with Crippen LogP contribution < -0.4 is 5.32 Å². The monoisotopic (exact) mass is 411 g/mol. The Labute approximate surface area is 172 Å². The second-order valence-electron chi connectivity index (χ2n) is 6.97. The summed E-state index contributed by atoms with van der Waals surface area (Å²) < 4.78 is 4.61. The van der Waals surface area contributed by atoms with Crippen LogP contribution >= 0.6 is 0 Å². The molecule has 0 spiro atoms. The zero-order valence-corrected chi connectivity index (χ0v) is 16.6. The number of carbonyl (C=O) groups is 3. The number of nitro groups is 1. The Morgan fingerprint density at radius 2 is 1.77 bits per heavy atom. The fourth-order valence-corrected chi connectivity index (χ4v) is 3.37. The molecule has 0 bridgehead atoms. The molecule has 1 N–H and O–H groups in total. The normalized spacial score (nSPS) is 13.1. The molecular formula is C21H21N3O6. The van der Waals surface area contributed by atoms with Crippen molar-refractivity contribution < 1.29 is 24.0 Å². The van der Waals surface area contributed by atoms with E-state index in [-0.39, 0.29) is 17.0 Å². The van der Waals surface area contributed by atoms with E-state index in [0.29, 0.717) is 29.9 Å². The average Bonchev–Trinajstić information content (AvgIpc) is 3.28. The molecule has 0 radical (unpaired) electrons. The molecular weight excluding hydrogens is 390 g/mol. The topological polar surface area (TPSA) is 119 Å². The van der Waals surface area contributed by atoms with Gasteiger partial charge in [0.15, 0.2) is 0 Å². The fraction of sp³-hybridized carbons (Fsp3) is 0.286. The quantitative estimate of drug-likeness (QED) is 0.458. The van der Waals surface area contributed by atoms with E-state index in [2.05, 4.69) is 10.1 Å². The molecule has 2 aromatic carbocycles. The van der Waals surface area contributed by atoms with E-state index in [4.69, 9.17) is 0 Å². The lowest BCUT2D eigenvalue weighted by Gasteiger charge is -2.19. The fourth-order valence-electron chi connectivity index (χ4n) is 3.37. The minimum atomic E-state index is -0.798. The van der Waals surface area contributed by atoms with Gasteiger partial charge in [-0.1, -0.05) is 12.1 Å². The summed E-state index contributed by atoms with van der Waals surface area (Å²) in [5.41, 5.74) is 0.741. The van der Waals surface area contributed by atoms with Crippen molar-refractivity contribution in [2.24, 2.45) is 0 Å². The van der Waals surface area contributed by atoms with Crippen molar-refractivity contribution in [2.75, 3.05) is 25.5 Å². The van der Waals surface area contributed by atoms with E-state index < -0.39 is 22.5 Å². The largest absolute Gasteiger partial charge is 0.465 e. The summed E-state index contributed by atoms with van der Waals surface area (Å²) in [7, 11) is 1.14. The second kappa shape index (κ2) is 8.73. The summed E-state index contributed by atoms with van der Waals surface area (Å²) in [6, 6.07) is 8.45. The number of hydrogen-bond acceptors (Lipinski definition) is 6. The summed E-state index contributed by atoms with van der Waals surface area (Å²) in [6.45, 7) is 3.07. The summed E-state index contributed by atoms with van der Waals surface area (Å²) in [5.74, 6) is -1.65. The van der Waals surface area contributed by atoms with Gasteiger partial charge in [-0.15, -0.1) is 0 Å². The molecule has 9 nitrogen and oxygen atoms in total. The Morgan fingerprint density at radius 3 is 2.40 bits per heavy atom. The first kappa shape index (κ1) is 21.0. The number of methoxy groups -OCH3 is 1. The van der Waals surface area contributed by atoms with Gasteiger partial charge in [-0.3, -0.25) is 19.7 Å². The molecule has 1 heterocycles. The molecule has 0 saturated carbocycles. The smallest absolute Gasteiger partial charge is 0.338 e. The zero-order valence-electron chi connectivity index (χ0n) is 16.6. The van der Waals surface area contributed by atoms with Crippen molar-refractivity contribution >= 4 is 29.2 Å². The number of esters is 1. The van der Waals surface area contributed by atoms with Crippen LogP contribution in [0.25, 0.3) is 0 Å². The first-order valence-corrected chi connectivity index (χ1v) is 9.40. The number of nitrogens with zero attached hydrogens (tertiary/aromatic N) is 2. The van der Waals surface area contributed by atoms with Crippen molar-refractivity contribution in [1.82, 2.24) is 4.90 Å². The molecule has 0 unspecified atom stereocenters. The highest BCUT2D eigenvalue weighted by Crippen LogP contribution is 2.26. The minimum absolute atomic E-state index is 0.0903. The zero-order chi connectivity index (χ0) is 21.8. The lowest BCUT2D eigenvalue weighted by molar-refractivity contribution is -0.384. The number of amides is 2. The molecule has 2 aromatic rings. The Hall–Kier alpha value is -3.75. The lowest BCUT2D eigenvalue weighted by Crippen LogP contribution is -2.29. The van der Waals surface area contributed by atoms with Crippen molar-refractivity contribution in [3.05, 3.63) is 68.8 Å². The van der Waals surface area contributed by atoms with Crippen molar-refractivity contribution in [1.29, 1.82) is 0 Å². The molecule has 2 amide bonds. The molecule has 1 fully saturated rings. The maximum absolute atomic E-state index is 12.9. The number of nitro benzene ring substituents is 1. The molecule has 156 valence electrons. The Bertz CT molecular complexity index is 1030. The number of para-hydroxylation sites is 1. The summed E-state index contributed by atoms with van der Waals surface area (Å²) in [4.78, 5) is 49.9. The Balaban J connectivity index is 1.96. The highest BCUT2D eigenvalue weighted by atomic mass is 16.6. The van der Waals surface area contributed by atoms with Crippen LogP contribution in [0.2, 0.25) is 0 Å². The van der Waals surface area contributed by atoms with Crippen LogP contribution in [-0.4, -0.2) is 47.8 Å². The van der Waals surface area contributed by atoms with Gasteiger partial charge in [-0.25, -0.2) is 4.79 Å². The molecule has 1 aliphatic heterocycles. The number of rotatable bonds is 5. The van der Waals surface area contributed by atoms with E-state index in [1.165, 1.54) is 6.07 Å². The number of ether oxygens (including phenoxy) is 1. The van der Waals surface area contributed by atoms with Gasteiger partial charge in [0.25, 0.3) is 17.5 Å². The number of anilines is 1. The molecule has 3 rings (SSSR count). The summed E-state index contributed by atoms with van der Waals surface area (Å²) >= 11 is 0. The van der Waals surface area contributed by atoms with E-state index in [9.17, 15) is 24.5 Å². The van der Waals surface area contributed by atoms with E-state index in [1.54, 1.807) is 30.0 Å². The van der Waals surface area contributed by atoms with Crippen molar-refractivity contribution in [3.63, 3.8) is 0 Å². The molecule has 0 aliphatic carbocycles. The highest BCUT2D eigenvalue weighted by molar-refractivity contribution is 6.10. The number of benzene rings is 2. The second-order valence-corrected chi connectivity index (χ2v) is 6.97. The molecule has 1 saturated heterocycles. The van der Waals surface area contributed by atoms with Crippen LogP contribution in [0.3, 0.4) is 0 Å². The number of likely N-dealkylation sites (tertiary alicyclic amines) is 1. The predicted molar refractivity (Wildman–Crippen MR) is 109 cm³/mol. The molecule has 30 heavy (non-hydrogen) atoms. The number of non-ortho nitro benzene ring substituents is 1. The first-order valence-electron chi connectivity index (χ1n) is 9.40. The number of carbonyl (C=O) groups excluding carboxylic acids is 3. The average molecular weight is 411 g/mol. The number of nitrogens with one attached hydrogen (secondary N) is 1. The minimum Gasteiger partial charge on any atom is -0.465 e. The standard InChI is InChI=1S/C21H21N3O6/c1-13-6-5-7-17(20(26)23-8-3-4-9-23)18(13)22-19(25)14-10-15(21(27)30-2)12-16(11-14)24(28)29/h5-7,10-12H,3-4,8-9H2,1-2H3,(H,22,25). The van der Waals surface area contributed by atoms with Crippen LogP contribution in [0.4, 0.5) is 11.4 Å². The maximum Gasteiger partial charge on any atom is 0.338 e. The first-order chi connectivity index (χ1) is 14.3. The van der Waals surface area contributed by atoms with E-state index in [0.717, 1.165) is 32.1 Å². The van der Waals surface area contributed by atoms with Gasteiger partial charge in [0.2, 0.25) is 0 Å². The van der Waals surface area contributed by atoms with Gasteiger partial charge in [0, 0.05) is 30.8 Å². The van der Waals surface area contributed by atoms with Gasteiger partial charge in [-0.05, 0) is 37.5 Å². The van der Waals surface area contributed by atoms with Crippen LogP contribution in [0.15, 0.2) is 36.4 Å². The highest BCUT2D eigenvalue weighted by Gasteiger charge is 2.24. The van der Waals surface area contributed by atoms with Gasteiger partial charge < -0.3 is 15.0 Å². The van der Waals surface area contributed by atoms with E-state index >= 15 is 0 Å². The van der Waals surface area contributed by atoms with Gasteiger partial charge in [0.05, 0.1) is 28.8 Å². The van der Waals surface area contributed by atoms with Crippen LogP contribution in [0, 0.1) is 17.0 Å². The molecule has 9 heteroatoms. The van der Waals surface area contributed by atoms with Gasteiger partial charge in [0.1, 0.15) is 0 Å². The van der Waals surface area contributed by atoms with Gasteiger partial charge >= 0.3 is 5.97 Å². The predicted octanol–water partition coefficient (Wildman–Crippen LogP) is 3.18. The lowest BCUT2D eigenvalue weighted by atomic mass is 10.0. The SMILES string of the molecule is COC(=O)c1cc(C(=O)Nc2c(C)cccc2C(=O)N2CCCC2)cc([N+](=O)[O-])c1. The summed E-state index contributed by atoms with van der Waals surface area (Å²) in [5, 5.41) is 13.9. The molecule has 0 aromatic heterocycles.